The molecule has 0 saturated heterocycles. The van der Waals surface area contributed by atoms with Crippen LogP contribution in [-0.2, 0) is 37.6 Å². The van der Waals surface area contributed by atoms with E-state index in [0.717, 1.165) is 0 Å². The minimum atomic E-state index is 0. The SMILES string of the molecule is [Cl-].[Hg+].[O]C=C1C=C=C(C=O)C=C1. The fourth-order valence-electron chi connectivity index (χ4n) is 0.596. The summed E-state index contributed by atoms with van der Waals surface area (Å²) >= 11 is 0. The summed E-state index contributed by atoms with van der Waals surface area (Å²) in [4.78, 5) is 10.1. The molecule has 0 aromatic carbocycles. The van der Waals surface area contributed by atoms with Crippen molar-refractivity contribution in [1.29, 1.82) is 0 Å². The summed E-state index contributed by atoms with van der Waals surface area (Å²) in [6, 6.07) is 0. The number of halogens is 1. The third kappa shape index (κ3) is 3.91. The van der Waals surface area contributed by atoms with Gasteiger partial charge in [0, 0.05) is 5.57 Å². The topological polar surface area (TPSA) is 37.0 Å². The van der Waals surface area contributed by atoms with E-state index >= 15 is 0 Å². The van der Waals surface area contributed by atoms with Crippen molar-refractivity contribution in [1.82, 2.24) is 0 Å². The van der Waals surface area contributed by atoms with Gasteiger partial charge in [-0.3, -0.25) is 9.90 Å². The van der Waals surface area contributed by atoms with E-state index in [1.165, 1.54) is 6.08 Å². The summed E-state index contributed by atoms with van der Waals surface area (Å²) in [5, 5.41) is 10.1. The molecule has 0 bridgehead atoms. The zero-order valence-corrected chi connectivity index (χ0v) is 12.5. The monoisotopic (exact) mass is 370 g/mol. The van der Waals surface area contributed by atoms with Crippen molar-refractivity contribution in [2.45, 2.75) is 0 Å². The van der Waals surface area contributed by atoms with Crippen LogP contribution in [0.4, 0.5) is 0 Å². The fraction of sp³-hybridized carbons (Fsp3) is 0. The second-order valence-electron chi connectivity index (χ2n) is 1.81. The zero-order chi connectivity index (χ0) is 7.40. The minimum Gasteiger partial charge on any atom is -1.00 e. The molecule has 12 heavy (non-hydrogen) atoms. The maximum Gasteiger partial charge on any atom is 1.00 e. The van der Waals surface area contributed by atoms with E-state index in [2.05, 4.69) is 5.73 Å². The summed E-state index contributed by atoms with van der Waals surface area (Å²) < 4.78 is 0. The van der Waals surface area contributed by atoms with Crippen LogP contribution in [0.5, 0.6) is 0 Å². The van der Waals surface area contributed by atoms with Crippen molar-refractivity contribution in [2.75, 3.05) is 0 Å². The minimum absolute atomic E-state index is 0. The second kappa shape index (κ2) is 7.35. The van der Waals surface area contributed by atoms with Gasteiger partial charge in [-0.05, 0) is 18.2 Å². The Morgan fingerprint density at radius 2 is 2.00 bits per heavy atom. The van der Waals surface area contributed by atoms with Gasteiger partial charge in [-0.25, -0.2) is 0 Å². The van der Waals surface area contributed by atoms with Crippen molar-refractivity contribution in [2.24, 2.45) is 0 Å². The Balaban J connectivity index is 0. The van der Waals surface area contributed by atoms with Crippen LogP contribution >= 0.6 is 0 Å². The van der Waals surface area contributed by atoms with Gasteiger partial charge in [0.25, 0.3) is 0 Å². The van der Waals surface area contributed by atoms with Crippen LogP contribution < -0.4 is 12.4 Å². The van der Waals surface area contributed by atoms with E-state index in [1.807, 2.05) is 0 Å². The maximum atomic E-state index is 10.1. The predicted molar refractivity (Wildman–Crippen MR) is 35.6 cm³/mol. The smallest absolute Gasteiger partial charge is 1.00 e. The first-order valence-corrected chi connectivity index (χ1v) is 2.79. The van der Waals surface area contributed by atoms with Crippen molar-refractivity contribution in [3.8, 4) is 0 Å². The number of hydrogen-bond donors (Lipinski definition) is 0. The fourth-order valence-corrected chi connectivity index (χ4v) is 0.596. The van der Waals surface area contributed by atoms with Gasteiger partial charge in [-0.2, -0.15) is 0 Å². The van der Waals surface area contributed by atoms with Crippen LogP contribution in [0.15, 0.2) is 41.4 Å². The molecule has 58 valence electrons. The van der Waals surface area contributed by atoms with E-state index in [1.54, 1.807) is 12.2 Å². The number of carbonyl (C=O) groups excluding carboxylic acids is 1. The molecule has 0 spiro atoms. The molecular weight excluding hydrogens is 364 g/mol. The molecule has 0 amide bonds. The molecule has 1 rings (SSSR count). The molecule has 0 fully saturated rings. The van der Waals surface area contributed by atoms with Crippen LogP contribution in [0.1, 0.15) is 0 Å². The Morgan fingerprint density at radius 1 is 1.33 bits per heavy atom. The average Bonchev–Trinajstić information content (AvgIpc) is 2.05. The molecule has 2 radical (unpaired) electrons. The summed E-state index contributed by atoms with van der Waals surface area (Å²) in [7, 11) is 0. The molecule has 0 atom stereocenters. The Labute approximate surface area is 97.3 Å². The molecule has 0 aliphatic heterocycles. The Kier molecular flexibility index (Phi) is 8.72. The summed E-state index contributed by atoms with van der Waals surface area (Å²) in [6.45, 7) is 0. The third-order valence-electron chi connectivity index (χ3n) is 1.12. The second-order valence-corrected chi connectivity index (χ2v) is 1.81. The number of carbonyl (C=O) groups is 1. The van der Waals surface area contributed by atoms with Crippen LogP contribution in [0.3, 0.4) is 0 Å². The molecule has 4 heteroatoms. The number of hydrogen-bond acceptors (Lipinski definition) is 1. The molecule has 0 heterocycles. The summed E-state index contributed by atoms with van der Waals surface area (Å²) in [5.41, 5.74) is 3.63. The quantitative estimate of drug-likeness (QED) is 0.232. The molecule has 0 saturated carbocycles. The van der Waals surface area contributed by atoms with Crippen molar-refractivity contribution < 1.29 is 50.0 Å². The summed E-state index contributed by atoms with van der Waals surface area (Å²) in [5.74, 6) is 0. The van der Waals surface area contributed by atoms with E-state index < -0.39 is 0 Å². The van der Waals surface area contributed by atoms with Gasteiger partial charge >= 0.3 is 27.7 Å². The van der Waals surface area contributed by atoms with Gasteiger partial charge in [-0.1, -0.05) is 0 Å². The van der Waals surface area contributed by atoms with Gasteiger partial charge in [-0.15, -0.1) is 5.73 Å². The third-order valence-corrected chi connectivity index (χ3v) is 1.12. The largest absolute Gasteiger partial charge is 1.00 e. The van der Waals surface area contributed by atoms with E-state index in [4.69, 9.17) is 0 Å². The first-order chi connectivity index (χ1) is 4.86. The Hall–Kier alpha value is -0.305. The van der Waals surface area contributed by atoms with Crippen LogP contribution in [0, 0.1) is 0 Å². The molecule has 0 N–H and O–H groups in total. The molecule has 0 unspecified atom stereocenters. The molecule has 0 aromatic heterocycles. The number of rotatable bonds is 1. The van der Waals surface area contributed by atoms with Gasteiger partial charge in [0.1, 0.15) is 0 Å². The van der Waals surface area contributed by atoms with Crippen molar-refractivity contribution in [3.05, 3.63) is 41.4 Å². The van der Waals surface area contributed by atoms with Crippen molar-refractivity contribution in [3.63, 3.8) is 0 Å². The Bertz CT molecular complexity index is 273. The maximum absolute atomic E-state index is 10.1. The number of allylic oxidation sites excluding steroid dienone is 4. The van der Waals surface area contributed by atoms with Crippen LogP contribution in [0.25, 0.3) is 0 Å². The molecule has 1 aliphatic carbocycles. The molecular formula is C8H5ClHgO2. The predicted octanol–water partition coefficient (Wildman–Crippen LogP) is -1.85. The average molecular weight is 369 g/mol. The van der Waals surface area contributed by atoms with E-state index in [-0.39, 0.29) is 40.1 Å². The molecule has 1 aliphatic rings. The number of aldehydes is 1. The zero-order valence-electron chi connectivity index (χ0n) is 6.29. The first kappa shape index (κ1) is 14.2. The summed E-state index contributed by atoms with van der Waals surface area (Å²) in [6.07, 6.45) is 6.01. The standard InChI is InChI=1S/C8H5O2.ClH.Hg/c9-5-7-1-2-8(6-10)4-3-7;;/h1-3,5-6H;1H;/q;;+1/p-1. The van der Waals surface area contributed by atoms with Crippen molar-refractivity contribution >= 4 is 6.29 Å². The van der Waals surface area contributed by atoms with Gasteiger partial charge in [0.15, 0.2) is 12.5 Å². The first-order valence-electron chi connectivity index (χ1n) is 2.79. The Morgan fingerprint density at radius 3 is 2.33 bits per heavy atom. The van der Waals surface area contributed by atoms with Crippen LogP contribution in [0.2, 0.25) is 0 Å². The van der Waals surface area contributed by atoms with Gasteiger partial charge in [0.2, 0.25) is 0 Å². The normalized spacial score (nSPS) is 16.0. The van der Waals surface area contributed by atoms with E-state index in [9.17, 15) is 9.90 Å². The van der Waals surface area contributed by atoms with Gasteiger partial charge in [0.05, 0.1) is 5.57 Å². The van der Waals surface area contributed by atoms with E-state index in [0.29, 0.717) is 23.7 Å². The molecule has 0 aromatic rings. The van der Waals surface area contributed by atoms with Crippen LogP contribution in [-0.4, -0.2) is 6.29 Å². The van der Waals surface area contributed by atoms with Gasteiger partial charge < -0.3 is 12.4 Å². The molecule has 2 nitrogen and oxygen atoms in total.